The van der Waals surface area contributed by atoms with Crippen LogP contribution in [0.4, 0.5) is 0 Å². The van der Waals surface area contributed by atoms with E-state index in [2.05, 4.69) is 15.3 Å². The van der Waals surface area contributed by atoms with Crippen molar-refractivity contribution >= 4 is 38.2 Å². The number of carbonyl (C=O) groups excluding carboxylic acids is 1. The van der Waals surface area contributed by atoms with E-state index < -0.39 is 9.84 Å². The molecule has 8 heteroatoms. The first kappa shape index (κ1) is 18.3. The Morgan fingerprint density at radius 2 is 1.96 bits per heavy atom. The Labute approximate surface area is 156 Å². The van der Waals surface area contributed by atoms with E-state index in [1.54, 1.807) is 37.4 Å². The number of benzene rings is 1. The number of hydrogen-bond donors (Lipinski definition) is 1. The molecule has 0 fully saturated rings. The summed E-state index contributed by atoms with van der Waals surface area (Å²) in [6.07, 6.45) is 2.78. The zero-order chi connectivity index (χ0) is 18.9. The summed E-state index contributed by atoms with van der Waals surface area (Å²) in [5.41, 5.74) is 2.18. The smallest absolute Gasteiger partial charge is 0.251 e. The third kappa shape index (κ3) is 4.00. The molecule has 2 aromatic heterocycles. The molecule has 0 saturated carbocycles. The summed E-state index contributed by atoms with van der Waals surface area (Å²) < 4.78 is 23.6. The summed E-state index contributed by atoms with van der Waals surface area (Å²) in [6.45, 7) is 1.88. The van der Waals surface area contributed by atoms with Crippen molar-refractivity contribution < 1.29 is 13.2 Å². The van der Waals surface area contributed by atoms with Crippen LogP contribution >= 0.6 is 11.6 Å². The third-order valence-corrected chi connectivity index (χ3v) is 5.33. The molecule has 3 aromatic rings. The molecule has 6 nitrogen and oxygen atoms in total. The summed E-state index contributed by atoms with van der Waals surface area (Å²) in [7, 11) is -3.40. The van der Waals surface area contributed by atoms with Crippen molar-refractivity contribution in [2.45, 2.75) is 18.4 Å². The molecular formula is C18H16ClN3O3S. The molecule has 0 bridgehead atoms. The predicted molar refractivity (Wildman–Crippen MR) is 100 cm³/mol. The first-order valence-electron chi connectivity index (χ1n) is 7.74. The first-order valence-corrected chi connectivity index (χ1v) is 10.0. The van der Waals surface area contributed by atoms with E-state index >= 15 is 0 Å². The van der Waals surface area contributed by atoms with Gasteiger partial charge < -0.3 is 5.32 Å². The molecule has 0 saturated heterocycles. The second-order valence-electron chi connectivity index (χ2n) is 5.94. The van der Waals surface area contributed by atoms with E-state index in [1.165, 1.54) is 6.07 Å². The normalized spacial score (nSPS) is 11.5. The largest absolute Gasteiger partial charge is 0.346 e. The summed E-state index contributed by atoms with van der Waals surface area (Å²) in [6, 6.07) is 9.84. The lowest BCUT2D eigenvalue weighted by Crippen LogP contribution is -2.23. The Kier molecular flexibility index (Phi) is 4.93. The summed E-state index contributed by atoms with van der Waals surface area (Å²) >= 11 is 5.89. The maximum atomic E-state index is 12.4. The first-order chi connectivity index (χ1) is 12.2. The van der Waals surface area contributed by atoms with Crippen LogP contribution in [0.1, 0.15) is 21.6 Å². The average Bonchev–Trinajstić information content (AvgIpc) is 2.58. The van der Waals surface area contributed by atoms with Crippen LogP contribution in [0.3, 0.4) is 0 Å². The van der Waals surface area contributed by atoms with Crippen molar-refractivity contribution in [2.75, 3.05) is 6.26 Å². The van der Waals surface area contributed by atoms with Crippen LogP contribution in [0.2, 0.25) is 5.15 Å². The van der Waals surface area contributed by atoms with Crippen LogP contribution in [0, 0.1) is 6.92 Å². The molecule has 0 aliphatic heterocycles. The van der Waals surface area contributed by atoms with Gasteiger partial charge in [-0.25, -0.2) is 13.4 Å². The van der Waals surface area contributed by atoms with Gasteiger partial charge in [0, 0.05) is 23.4 Å². The van der Waals surface area contributed by atoms with Gasteiger partial charge in [0.15, 0.2) is 9.84 Å². The minimum atomic E-state index is -3.40. The monoisotopic (exact) mass is 389 g/mol. The van der Waals surface area contributed by atoms with Gasteiger partial charge >= 0.3 is 0 Å². The van der Waals surface area contributed by atoms with E-state index in [0.717, 1.165) is 11.6 Å². The van der Waals surface area contributed by atoms with Gasteiger partial charge in [0.2, 0.25) is 0 Å². The van der Waals surface area contributed by atoms with Gasteiger partial charge in [-0.1, -0.05) is 17.7 Å². The van der Waals surface area contributed by atoms with Crippen LogP contribution in [0.25, 0.3) is 10.9 Å². The summed E-state index contributed by atoms with van der Waals surface area (Å²) in [5.74, 6) is -0.379. The van der Waals surface area contributed by atoms with Crippen molar-refractivity contribution in [3.8, 4) is 0 Å². The van der Waals surface area contributed by atoms with E-state index in [9.17, 15) is 13.2 Å². The Balaban J connectivity index is 1.79. The average molecular weight is 390 g/mol. The van der Waals surface area contributed by atoms with Crippen LogP contribution in [-0.2, 0) is 16.4 Å². The molecule has 3 rings (SSSR count). The van der Waals surface area contributed by atoms with Crippen molar-refractivity contribution in [3.05, 3.63) is 64.6 Å². The van der Waals surface area contributed by atoms with Gasteiger partial charge in [-0.3, -0.25) is 9.78 Å². The molecule has 0 aliphatic carbocycles. The molecule has 0 aliphatic rings. The fraction of sp³-hybridized carbons (Fsp3) is 0.167. The minimum Gasteiger partial charge on any atom is -0.346 e. The standard InChI is InChI=1S/C18H16ClN3O3S/c1-11-3-4-12(7-16(11)26(2,24)25)18(23)21-10-14-8-15-13(9-20-14)5-6-17(19)22-15/h3-9H,10H2,1-2H3,(H,21,23). The van der Waals surface area contributed by atoms with Gasteiger partial charge in [-0.15, -0.1) is 0 Å². The molecule has 1 amide bonds. The highest BCUT2D eigenvalue weighted by molar-refractivity contribution is 7.90. The summed E-state index contributed by atoms with van der Waals surface area (Å²) in [5, 5.41) is 3.96. The maximum Gasteiger partial charge on any atom is 0.251 e. The second kappa shape index (κ2) is 7.01. The molecular weight excluding hydrogens is 374 g/mol. The SMILES string of the molecule is Cc1ccc(C(=O)NCc2cc3nc(Cl)ccc3cn2)cc1S(C)(=O)=O. The quantitative estimate of drug-likeness (QED) is 0.693. The lowest BCUT2D eigenvalue weighted by molar-refractivity contribution is 0.0950. The van der Waals surface area contributed by atoms with E-state index in [0.29, 0.717) is 21.9 Å². The van der Waals surface area contributed by atoms with Crippen molar-refractivity contribution in [1.82, 2.24) is 15.3 Å². The summed E-state index contributed by atoms with van der Waals surface area (Å²) in [4.78, 5) is 21.0. The van der Waals surface area contributed by atoms with Crippen LogP contribution in [-0.4, -0.2) is 30.5 Å². The van der Waals surface area contributed by atoms with E-state index in [4.69, 9.17) is 11.6 Å². The highest BCUT2D eigenvalue weighted by Crippen LogP contribution is 2.18. The Morgan fingerprint density at radius 1 is 1.19 bits per heavy atom. The van der Waals surface area contributed by atoms with E-state index in [1.807, 2.05) is 6.07 Å². The molecule has 0 radical (unpaired) electrons. The molecule has 134 valence electrons. The number of nitrogens with one attached hydrogen (secondary N) is 1. The number of sulfone groups is 1. The number of pyridine rings is 2. The number of nitrogens with zero attached hydrogens (tertiary/aromatic N) is 2. The Morgan fingerprint density at radius 3 is 2.69 bits per heavy atom. The highest BCUT2D eigenvalue weighted by Gasteiger charge is 2.14. The van der Waals surface area contributed by atoms with Crippen molar-refractivity contribution in [1.29, 1.82) is 0 Å². The number of hydrogen-bond acceptors (Lipinski definition) is 5. The van der Waals surface area contributed by atoms with E-state index in [-0.39, 0.29) is 22.9 Å². The Hall–Kier alpha value is -2.51. The predicted octanol–water partition coefficient (Wildman–Crippen LogP) is 2.93. The lowest BCUT2D eigenvalue weighted by Gasteiger charge is -2.09. The maximum absolute atomic E-state index is 12.4. The second-order valence-corrected chi connectivity index (χ2v) is 8.31. The van der Waals surface area contributed by atoms with Crippen LogP contribution in [0.5, 0.6) is 0 Å². The number of fused-ring (bicyclic) bond motifs is 1. The number of rotatable bonds is 4. The molecule has 1 aromatic carbocycles. The Bertz CT molecular complexity index is 1110. The number of amides is 1. The number of halogens is 1. The lowest BCUT2D eigenvalue weighted by atomic mass is 10.1. The molecule has 0 spiro atoms. The molecule has 0 atom stereocenters. The van der Waals surface area contributed by atoms with Crippen molar-refractivity contribution in [2.24, 2.45) is 0 Å². The molecule has 26 heavy (non-hydrogen) atoms. The van der Waals surface area contributed by atoms with Gasteiger partial charge in [0.25, 0.3) is 5.91 Å². The van der Waals surface area contributed by atoms with Gasteiger partial charge in [-0.05, 0) is 42.8 Å². The number of carbonyl (C=O) groups is 1. The topological polar surface area (TPSA) is 89.0 Å². The number of aromatic nitrogens is 2. The zero-order valence-corrected chi connectivity index (χ0v) is 15.7. The third-order valence-electron chi connectivity index (χ3n) is 3.88. The van der Waals surface area contributed by atoms with Crippen LogP contribution in [0.15, 0.2) is 47.5 Å². The van der Waals surface area contributed by atoms with Gasteiger partial charge in [-0.2, -0.15) is 0 Å². The highest BCUT2D eigenvalue weighted by atomic mass is 35.5. The van der Waals surface area contributed by atoms with Crippen LogP contribution < -0.4 is 5.32 Å². The molecule has 0 unspecified atom stereocenters. The van der Waals surface area contributed by atoms with Crippen molar-refractivity contribution in [3.63, 3.8) is 0 Å². The molecule has 2 heterocycles. The number of aryl methyl sites for hydroxylation is 1. The fourth-order valence-electron chi connectivity index (χ4n) is 2.54. The molecule has 1 N–H and O–H groups in total. The van der Waals surface area contributed by atoms with Gasteiger partial charge in [0.1, 0.15) is 5.15 Å². The fourth-order valence-corrected chi connectivity index (χ4v) is 3.69. The minimum absolute atomic E-state index is 0.146. The zero-order valence-electron chi connectivity index (χ0n) is 14.2. The van der Waals surface area contributed by atoms with Gasteiger partial charge in [0.05, 0.1) is 22.7 Å².